The Morgan fingerprint density at radius 1 is 0.500 bits per heavy atom. The minimum atomic E-state index is 0.896. The molecular weight excluding hydrogens is 560 g/mol. The Balaban J connectivity index is 1.68. The van der Waals surface area contributed by atoms with Gasteiger partial charge in [0.25, 0.3) is 0 Å². The molecule has 4 nitrogen and oxygen atoms in total. The Hall–Kier alpha value is -4.70. The van der Waals surface area contributed by atoms with Crippen molar-refractivity contribution >= 4 is 22.6 Å². The van der Waals surface area contributed by atoms with Gasteiger partial charge in [-0.2, -0.15) is 0 Å². The topological polar surface area (TPSA) is 56.3 Å². The third-order valence-electron chi connectivity index (χ3n) is 9.36. The zero-order valence-corrected chi connectivity index (χ0v) is 28.7. The summed E-state index contributed by atoms with van der Waals surface area (Å²) in [5.41, 5.74) is 21.2. The van der Waals surface area contributed by atoms with E-state index in [4.69, 9.17) is 9.98 Å². The molecule has 2 N–H and O–H groups in total. The molecule has 0 fully saturated rings. The van der Waals surface area contributed by atoms with Gasteiger partial charge in [-0.15, -0.1) is 0 Å². The molecule has 46 heavy (non-hydrogen) atoms. The van der Waals surface area contributed by atoms with Crippen LogP contribution in [0.2, 0.25) is 0 Å². The fourth-order valence-corrected chi connectivity index (χ4v) is 7.38. The summed E-state index contributed by atoms with van der Waals surface area (Å²) in [5, 5.41) is 0. The number of aromatic nitrogens is 2. The maximum Gasteiger partial charge on any atom is 0.0932 e. The van der Waals surface area contributed by atoms with Gasteiger partial charge in [-0.1, -0.05) is 88.4 Å². The average Bonchev–Trinajstić information content (AvgIpc) is 3.80. The number of H-pyrrole nitrogens is 2. The molecule has 0 unspecified atom stereocenters. The maximum absolute atomic E-state index is 5.61. The standard InChI is InChI=1S/C42H46N4/c1-9-31-33(11-3)41(45-39(31)35(29-19-15-13-16-20-29)37-25(5)23-27(7)43-37)42-34(12-4)32(10-2)40(46-42)36(30-21-17-14-18-22-30)38-26(6)24-28(8)44-38/h13-24,43-44H,9-12H2,1-8H3/b39-35-,40-36+. The van der Waals surface area contributed by atoms with E-state index in [1.807, 2.05) is 0 Å². The van der Waals surface area contributed by atoms with Gasteiger partial charge in [0.05, 0.1) is 34.2 Å². The molecule has 2 aromatic heterocycles. The third-order valence-corrected chi connectivity index (χ3v) is 9.36. The normalized spacial score (nSPS) is 17.2. The largest absolute Gasteiger partial charge is 0.358 e. The molecule has 2 aromatic carbocycles. The molecule has 0 aliphatic carbocycles. The molecule has 234 valence electrons. The summed E-state index contributed by atoms with van der Waals surface area (Å²) < 4.78 is 0. The highest BCUT2D eigenvalue weighted by Crippen LogP contribution is 2.44. The molecule has 6 rings (SSSR count). The maximum atomic E-state index is 5.61. The first-order valence-corrected chi connectivity index (χ1v) is 16.9. The van der Waals surface area contributed by atoms with Crippen LogP contribution in [-0.2, 0) is 0 Å². The first-order chi connectivity index (χ1) is 22.3. The first kappa shape index (κ1) is 31.3. The number of rotatable bonds is 9. The number of benzene rings is 2. The van der Waals surface area contributed by atoms with Crippen LogP contribution in [-0.4, -0.2) is 21.4 Å². The van der Waals surface area contributed by atoms with Crippen molar-refractivity contribution in [2.45, 2.75) is 81.1 Å². The van der Waals surface area contributed by atoms with Crippen molar-refractivity contribution in [1.82, 2.24) is 9.97 Å². The molecule has 4 aromatic rings. The molecule has 0 spiro atoms. The van der Waals surface area contributed by atoms with Crippen molar-refractivity contribution in [3.63, 3.8) is 0 Å². The van der Waals surface area contributed by atoms with Gasteiger partial charge in [-0.05, 0) is 110 Å². The van der Waals surface area contributed by atoms with Crippen LogP contribution < -0.4 is 0 Å². The molecule has 4 heteroatoms. The summed E-state index contributed by atoms with van der Waals surface area (Å²) in [6, 6.07) is 25.9. The zero-order valence-electron chi connectivity index (χ0n) is 28.7. The highest BCUT2D eigenvalue weighted by Gasteiger charge is 2.34. The second kappa shape index (κ2) is 13.0. The van der Waals surface area contributed by atoms with Gasteiger partial charge < -0.3 is 9.97 Å². The number of nitrogens with one attached hydrogen (secondary N) is 2. The summed E-state index contributed by atoms with van der Waals surface area (Å²) in [7, 11) is 0. The van der Waals surface area contributed by atoms with E-state index < -0.39 is 0 Å². The van der Waals surface area contributed by atoms with Gasteiger partial charge in [0.2, 0.25) is 0 Å². The molecule has 0 saturated heterocycles. The fourth-order valence-electron chi connectivity index (χ4n) is 7.38. The van der Waals surface area contributed by atoms with E-state index in [9.17, 15) is 0 Å². The number of aryl methyl sites for hydroxylation is 4. The second-order valence-corrected chi connectivity index (χ2v) is 12.4. The molecule has 2 aliphatic rings. The molecule has 0 atom stereocenters. The Morgan fingerprint density at radius 2 is 0.848 bits per heavy atom. The minimum Gasteiger partial charge on any atom is -0.358 e. The van der Waals surface area contributed by atoms with E-state index >= 15 is 0 Å². The Bertz CT molecular complexity index is 1840. The lowest BCUT2D eigenvalue weighted by Gasteiger charge is -2.13. The Morgan fingerprint density at radius 3 is 1.13 bits per heavy atom. The van der Waals surface area contributed by atoms with Crippen molar-refractivity contribution in [2.24, 2.45) is 9.98 Å². The van der Waals surface area contributed by atoms with Crippen molar-refractivity contribution in [1.29, 1.82) is 0 Å². The molecule has 0 radical (unpaired) electrons. The third kappa shape index (κ3) is 5.40. The number of hydrogen-bond donors (Lipinski definition) is 2. The molecule has 4 heterocycles. The van der Waals surface area contributed by atoms with Gasteiger partial charge in [0.1, 0.15) is 0 Å². The van der Waals surface area contributed by atoms with E-state index in [0.29, 0.717) is 0 Å². The highest BCUT2D eigenvalue weighted by molar-refractivity contribution is 6.55. The minimum absolute atomic E-state index is 0.896. The summed E-state index contributed by atoms with van der Waals surface area (Å²) in [4.78, 5) is 18.6. The van der Waals surface area contributed by atoms with Crippen LogP contribution in [0.3, 0.4) is 0 Å². The van der Waals surface area contributed by atoms with E-state index in [1.165, 1.54) is 55.7 Å². The van der Waals surface area contributed by atoms with Crippen molar-refractivity contribution in [2.75, 3.05) is 0 Å². The summed E-state index contributed by atoms with van der Waals surface area (Å²) in [5.74, 6) is 0. The first-order valence-electron chi connectivity index (χ1n) is 16.9. The van der Waals surface area contributed by atoms with Gasteiger partial charge >= 0.3 is 0 Å². The van der Waals surface area contributed by atoms with Crippen LogP contribution >= 0.6 is 0 Å². The molecule has 2 aliphatic heterocycles. The number of aromatic amines is 2. The average molecular weight is 607 g/mol. The Kier molecular flexibility index (Phi) is 8.82. The number of aliphatic imine (C=N–C) groups is 2. The Labute approximate surface area is 274 Å². The second-order valence-electron chi connectivity index (χ2n) is 12.4. The number of nitrogens with zero attached hydrogens (tertiary/aromatic N) is 2. The predicted molar refractivity (Wildman–Crippen MR) is 196 cm³/mol. The van der Waals surface area contributed by atoms with Gasteiger partial charge in [0, 0.05) is 22.5 Å². The van der Waals surface area contributed by atoms with E-state index in [1.54, 1.807) is 0 Å². The molecule has 0 amide bonds. The number of allylic oxidation sites excluding steroid dienone is 4. The van der Waals surface area contributed by atoms with Gasteiger partial charge in [0.15, 0.2) is 0 Å². The fraction of sp³-hybridized carbons (Fsp3) is 0.286. The quantitative estimate of drug-likeness (QED) is 0.190. The van der Waals surface area contributed by atoms with E-state index in [-0.39, 0.29) is 0 Å². The summed E-state index contributed by atoms with van der Waals surface area (Å²) in [6.07, 6.45) is 3.60. The van der Waals surface area contributed by atoms with Crippen LogP contribution in [0.15, 0.2) is 116 Å². The van der Waals surface area contributed by atoms with Gasteiger partial charge in [-0.25, -0.2) is 9.98 Å². The summed E-state index contributed by atoms with van der Waals surface area (Å²) in [6.45, 7) is 17.7. The van der Waals surface area contributed by atoms with Crippen LogP contribution in [0.1, 0.15) is 98.4 Å². The number of hydrogen-bond acceptors (Lipinski definition) is 2. The van der Waals surface area contributed by atoms with Crippen LogP contribution in [0.4, 0.5) is 0 Å². The van der Waals surface area contributed by atoms with E-state index in [0.717, 1.165) is 71.3 Å². The van der Waals surface area contributed by atoms with Crippen LogP contribution in [0.5, 0.6) is 0 Å². The predicted octanol–water partition coefficient (Wildman–Crippen LogP) is 10.9. The van der Waals surface area contributed by atoms with Crippen molar-refractivity contribution in [3.8, 4) is 0 Å². The molecular formula is C42H46N4. The SMILES string of the molecule is CCC1=C(CC)/C(=C(\c2ccccc2)c2[nH]c(C)cc2C)N=C1C1=N/C(=C(\c2ccccc2)c2[nH]c(C)cc2C)C(CC)=C1CC. The van der Waals surface area contributed by atoms with E-state index in [2.05, 4.69) is 138 Å². The molecule has 0 saturated carbocycles. The smallest absolute Gasteiger partial charge is 0.0932 e. The lowest BCUT2D eigenvalue weighted by atomic mass is 9.89. The zero-order chi connectivity index (χ0) is 32.5. The van der Waals surface area contributed by atoms with Gasteiger partial charge in [-0.3, -0.25) is 0 Å². The highest BCUT2D eigenvalue weighted by atomic mass is 14.9. The van der Waals surface area contributed by atoms with Crippen molar-refractivity contribution in [3.05, 3.63) is 152 Å². The summed E-state index contributed by atoms with van der Waals surface area (Å²) >= 11 is 0. The molecule has 0 bridgehead atoms. The lowest BCUT2D eigenvalue weighted by molar-refractivity contribution is 1.05. The lowest BCUT2D eigenvalue weighted by Crippen LogP contribution is -2.16. The van der Waals surface area contributed by atoms with Crippen LogP contribution in [0.25, 0.3) is 11.1 Å². The van der Waals surface area contributed by atoms with Crippen molar-refractivity contribution < 1.29 is 0 Å². The monoisotopic (exact) mass is 606 g/mol. The van der Waals surface area contributed by atoms with Crippen LogP contribution in [0, 0.1) is 27.7 Å².